The van der Waals surface area contributed by atoms with Gasteiger partial charge in [-0.1, -0.05) is 24.3 Å². The average molecular weight is 335 g/mol. The van der Waals surface area contributed by atoms with Crippen LogP contribution < -0.4 is 4.90 Å². The average Bonchev–Trinajstić information content (AvgIpc) is 2.91. The van der Waals surface area contributed by atoms with Gasteiger partial charge in [-0.05, 0) is 48.9 Å². The van der Waals surface area contributed by atoms with Gasteiger partial charge in [-0.15, -0.1) is 0 Å². The fourth-order valence-corrected chi connectivity index (χ4v) is 4.23. The van der Waals surface area contributed by atoms with Gasteiger partial charge < -0.3 is 9.80 Å². The molecule has 0 unspecified atom stereocenters. The number of aryl methyl sites for hydroxylation is 2. The van der Waals surface area contributed by atoms with Gasteiger partial charge >= 0.3 is 0 Å². The fraction of sp³-hybridized carbons (Fsp3) is 0.429. The van der Waals surface area contributed by atoms with E-state index in [9.17, 15) is 4.79 Å². The first kappa shape index (κ1) is 16.1. The second-order valence-corrected chi connectivity index (χ2v) is 7.12. The number of rotatable bonds is 2. The molecule has 2 heterocycles. The lowest BCUT2D eigenvalue weighted by Crippen LogP contribution is -2.37. The van der Waals surface area contributed by atoms with Crippen molar-refractivity contribution in [3.63, 3.8) is 0 Å². The third-order valence-corrected chi connectivity index (χ3v) is 5.57. The molecule has 1 saturated heterocycles. The van der Waals surface area contributed by atoms with Crippen molar-refractivity contribution < 1.29 is 4.79 Å². The minimum absolute atomic E-state index is 0.0606. The maximum Gasteiger partial charge on any atom is 0.230 e. The predicted octanol–water partition coefficient (Wildman–Crippen LogP) is 3.16. The second kappa shape index (κ2) is 6.87. The number of nitrogens with zero attached hydrogens (tertiary/aromatic N) is 3. The van der Waals surface area contributed by atoms with Crippen molar-refractivity contribution >= 4 is 11.6 Å². The highest BCUT2D eigenvalue weighted by molar-refractivity contribution is 5.85. The number of pyridine rings is 1. The topological polar surface area (TPSA) is 36.4 Å². The molecule has 1 aromatic carbocycles. The van der Waals surface area contributed by atoms with Gasteiger partial charge in [0.1, 0.15) is 0 Å². The van der Waals surface area contributed by atoms with Crippen molar-refractivity contribution in [3.05, 3.63) is 59.4 Å². The predicted molar refractivity (Wildman–Crippen MR) is 99.9 cm³/mol. The molecule has 1 aliphatic carbocycles. The summed E-state index contributed by atoms with van der Waals surface area (Å²) in [6.07, 6.45) is 6.77. The van der Waals surface area contributed by atoms with E-state index < -0.39 is 0 Å². The molecule has 1 fully saturated rings. The molecule has 1 amide bonds. The maximum atomic E-state index is 13.1. The van der Waals surface area contributed by atoms with Crippen LogP contribution in [0, 0.1) is 6.92 Å². The van der Waals surface area contributed by atoms with Crippen molar-refractivity contribution in [2.24, 2.45) is 0 Å². The van der Waals surface area contributed by atoms with Gasteiger partial charge in [-0.3, -0.25) is 9.78 Å². The highest BCUT2D eigenvalue weighted by Crippen LogP contribution is 2.34. The van der Waals surface area contributed by atoms with Crippen LogP contribution in [0.1, 0.15) is 35.4 Å². The Morgan fingerprint density at radius 1 is 1.12 bits per heavy atom. The number of carbonyl (C=O) groups is 1. The molecule has 1 atom stereocenters. The van der Waals surface area contributed by atoms with Crippen LogP contribution in [0.2, 0.25) is 0 Å². The molecule has 0 radical (unpaired) electrons. The number of benzene rings is 1. The smallest absolute Gasteiger partial charge is 0.230 e. The molecule has 4 rings (SSSR count). The molecule has 2 aromatic rings. The summed E-state index contributed by atoms with van der Waals surface area (Å²) >= 11 is 0. The first-order valence-corrected chi connectivity index (χ1v) is 9.26. The van der Waals surface area contributed by atoms with E-state index >= 15 is 0 Å². The van der Waals surface area contributed by atoms with Crippen LogP contribution in [0.25, 0.3) is 0 Å². The van der Waals surface area contributed by atoms with E-state index in [2.05, 4.69) is 52.0 Å². The standard InChI is InChI=1S/C21H25N3O/c1-16-15-22-10-9-20(16)23-11-4-12-24(14-13-23)21(25)19-8-7-17-5-2-3-6-18(17)19/h2-3,5-6,9-10,15,19H,4,7-8,11-14H2,1H3/t19-/m0/s1. The molecule has 0 bridgehead atoms. The van der Waals surface area contributed by atoms with E-state index in [1.807, 2.05) is 12.4 Å². The number of carbonyl (C=O) groups excluding carboxylic acids is 1. The summed E-state index contributed by atoms with van der Waals surface area (Å²) < 4.78 is 0. The second-order valence-electron chi connectivity index (χ2n) is 7.12. The first-order valence-electron chi connectivity index (χ1n) is 9.26. The fourth-order valence-electron chi connectivity index (χ4n) is 4.23. The van der Waals surface area contributed by atoms with Crippen LogP contribution in [0.3, 0.4) is 0 Å². The monoisotopic (exact) mass is 335 g/mol. The maximum absolute atomic E-state index is 13.1. The molecular weight excluding hydrogens is 310 g/mol. The molecule has 4 nitrogen and oxygen atoms in total. The Morgan fingerprint density at radius 2 is 2.00 bits per heavy atom. The normalized spacial score (nSPS) is 20.3. The summed E-state index contributed by atoms with van der Waals surface area (Å²) in [5.74, 6) is 0.378. The first-order chi connectivity index (χ1) is 12.2. The van der Waals surface area contributed by atoms with Gasteiger partial charge in [-0.25, -0.2) is 0 Å². The SMILES string of the molecule is Cc1cnccc1N1CCCN(C(=O)[C@H]2CCc3ccccc32)CC1. The summed E-state index contributed by atoms with van der Waals surface area (Å²) in [7, 11) is 0. The quantitative estimate of drug-likeness (QED) is 0.846. The summed E-state index contributed by atoms with van der Waals surface area (Å²) in [4.78, 5) is 21.8. The zero-order chi connectivity index (χ0) is 17.2. The highest BCUT2D eigenvalue weighted by atomic mass is 16.2. The Labute approximate surface area is 149 Å². The highest BCUT2D eigenvalue weighted by Gasteiger charge is 2.32. The Balaban J connectivity index is 1.46. The van der Waals surface area contributed by atoms with Crippen LogP contribution in [0.5, 0.6) is 0 Å². The number of hydrogen-bond acceptors (Lipinski definition) is 3. The number of fused-ring (bicyclic) bond motifs is 1. The van der Waals surface area contributed by atoms with Crippen molar-refractivity contribution in [1.29, 1.82) is 0 Å². The molecule has 1 aliphatic heterocycles. The molecule has 4 heteroatoms. The minimum atomic E-state index is 0.0606. The summed E-state index contributed by atoms with van der Waals surface area (Å²) in [5.41, 5.74) is 5.05. The Kier molecular flexibility index (Phi) is 4.43. The largest absolute Gasteiger partial charge is 0.369 e. The lowest BCUT2D eigenvalue weighted by Gasteiger charge is -2.26. The zero-order valence-corrected chi connectivity index (χ0v) is 14.8. The van der Waals surface area contributed by atoms with Gasteiger partial charge in [0.25, 0.3) is 0 Å². The Hall–Kier alpha value is -2.36. The molecule has 0 N–H and O–H groups in total. The van der Waals surface area contributed by atoms with E-state index in [1.54, 1.807) is 0 Å². The molecular formula is C21H25N3O. The lowest BCUT2D eigenvalue weighted by molar-refractivity contribution is -0.132. The van der Waals surface area contributed by atoms with E-state index in [0.29, 0.717) is 5.91 Å². The van der Waals surface area contributed by atoms with Crippen molar-refractivity contribution in [2.45, 2.75) is 32.1 Å². The summed E-state index contributed by atoms with van der Waals surface area (Å²) in [5, 5.41) is 0. The molecule has 0 spiro atoms. The van der Waals surface area contributed by atoms with Crippen LogP contribution in [-0.4, -0.2) is 42.0 Å². The van der Waals surface area contributed by atoms with Crippen molar-refractivity contribution in [2.75, 3.05) is 31.1 Å². The van der Waals surface area contributed by atoms with Gasteiger partial charge in [0.15, 0.2) is 0 Å². The van der Waals surface area contributed by atoms with E-state index in [-0.39, 0.29) is 5.92 Å². The number of aromatic nitrogens is 1. The summed E-state index contributed by atoms with van der Waals surface area (Å²) in [6.45, 7) is 5.66. The molecule has 2 aliphatic rings. The van der Waals surface area contributed by atoms with Crippen molar-refractivity contribution in [1.82, 2.24) is 9.88 Å². The molecule has 130 valence electrons. The third-order valence-electron chi connectivity index (χ3n) is 5.57. The molecule has 1 aromatic heterocycles. The Morgan fingerprint density at radius 3 is 2.88 bits per heavy atom. The zero-order valence-electron chi connectivity index (χ0n) is 14.8. The third kappa shape index (κ3) is 3.13. The van der Waals surface area contributed by atoms with Gasteiger partial charge in [0.05, 0.1) is 5.92 Å². The van der Waals surface area contributed by atoms with E-state index in [0.717, 1.165) is 45.4 Å². The number of hydrogen-bond donors (Lipinski definition) is 0. The molecule has 0 saturated carbocycles. The summed E-state index contributed by atoms with van der Waals surface area (Å²) in [6, 6.07) is 10.5. The van der Waals surface area contributed by atoms with Crippen molar-refractivity contribution in [3.8, 4) is 0 Å². The van der Waals surface area contributed by atoms with E-state index in [1.165, 1.54) is 22.4 Å². The van der Waals surface area contributed by atoms with Crippen LogP contribution >= 0.6 is 0 Å². The van der Waals surface area contributed by atoms with Crippen LogP contribution in [-0.2, 0) is 11.2 Å². The minimum Gasteiger partial charge on any atom is -0.369 e. The van der Waals surface area contributed by atoms with E-state index in [4.69, 9.17) is 0 Å². The number of amides is 1. The number of anilines is 1. The molecule has 25 heavy (non-hydrogen) atoms. The van der Waals surface area contributed by atoms with Gasteiger partial charge in [0.2, 0.25) is 5.91 Å². The Bertz CT molecular complexity index is 773. The van der Waals surface area contributed by atoms with Crippen LogP contribution in [0.4, 0.5) is 5.69 Å². The van der Waals surface area contributed by atoms with Gasteiger partial charge in [0, 0.05) is 44.3 Å². The lowest BCUT2D eigenvalue weighted by atomic mass is 10.00. The van der Waals surface area contributed by atoms with Crippen LogP contribution in [0.15, 0.2) is 42.7 Å². The van der Waals surface area contributed by atoms with Gasteiger partial charge in [-0.2, -0.15) is 0 Å².